The number of rotatable bonds is 4. The van der Waals surface area contributed by atoms with Crippen molar-refractivity contribution >= 4 is 5.91 Å². The van der Waals surface area contributed by atoms with Gasteiger partial charge < -0.3 is 10.6 Å². The molecular formula is C11H22N2O. The van der Waals surface area contributed by atoms with Crippen molar-refractivity contribution in [3.8, 4) is 0 Å². The average Bonchev–Trinajstić information content (AvgIpc) is 2.62. The molecule has 0 radical (unpaired) electrons. The summed E-state index contributed by atoms with van der Waals surface area (Å²) >= 11 is 0. The number of hydrogen-bond acceptors (Lipinski definition) is 2. The van der Waals surface area contributed by atoms with Crippen LogP contribution in [0.5, 0.6) is 0 Å². The second kappa shape index (κ2) is 5.35. The summed E-state index contributed by atoms with van der Waals surface area (Å²) < 4.78 is 0. The summed E-state index contributed by atoms with van der Waals surface area (Å²) in [5, 5.41) is 0. The van der Waals surface area contributed by atoms with Crippen LogP contribution in [-0.2, 0) is 4.79 Å². The molecule has 1 saturated heterocycles. The molecule has 0 aromatic heterocycles. The van der Waals surface area contributed by atoms with E-state index in [9.17, 15) is 4.79 Å². The molecule has 82 valence electrons. The molecule has 3 nitrogen and oxygen atoms in total. The van der Waals surface area contributed by atoms with Crippen molar-refractivity contribution in [2.75, 3.05) is 19.6 Å². The van der Waals surface area contributed by atoms with Crippen molar-refractivity contribution in [1.82, 2.24) is 4.90 Å². The van der Waals surface area contributed by atoms with Gasteiger partial charge in [-0.25, -0.2) is 0 Å². The highest BCUT2D eigenvalue weighted by molar-refractivity contribution is 5.76. The van der Waals surface area contributed by atoms with Crippen LogP contribution >= 0.6 is 0 Å². The first kappa shape index (κ1) is 11.5. The van der Waals surface area contributed by atoms with Gasteiger partial charge in [-0.2, -0.15) is 0 Å². The third-order valence-corrected chi connectivity index (χ3v) is 2.91. The zero-order valence-corrected chi connectivity index (χ0v) is 9.33. The Labute approximate surface area is 86.6 Å². The molecule has 14 heavy (non-hydrogen) atoms. The van der Waals surface area contributed by atoms with Gasteiger partial charge in [0.15, 0.2) is 0 Å². The maximum atomic E-state index is 11.7. The van der Waals surface area contributed by atoms with E-state index in [2.05, 4.69) is 13.8 Å². The molecular weight excluding hydrogens is 176 g/mol. The normalized spacial score (nSPS) is 22.0. The fraction of sp³-hybridized carbons (Fsp3) is 0.909. The Morgan fingerprint density at radius 1 is 1.57 bits per heavy atom. The van der Waals surface area contributed by atoms with E-state index in [1.807, 2.05) is 4.90 Å². The van der Waals surface area contributed by atoms with E-state index in [4.69, 9.17) is 5.73 Å². The first-order chi connectivity index (χ1) is 6.63. The molecule has 1 atom stereocenters. The van der Waals surface area contributed by atoms with E-state index in [1.54, 1.807) is 0 Å². The van der Waals surface area contributed by atoms with Gasteiger partial charge in [-0.3, -0.25) is 4.79 Å². The molecule has 1 aliphatic rings. The Kier molecular flexibility index (Phi) is 4.39. The predicted octanol–water partition coefficient (Wildman–Crippen LogP) is 1.23. The second-order valence-corrected chi connectivity index (χ2v) is 4.66. The Morgan fingerprint density at radius 3 is 2.79 bits per heavy atom. The van der Waals surface area contributed by atoms with Gasteiger partial charge in [0.1, 0.15) is 0 Å². The predicted molar refractivity (Wildman–Crippen MR) is 57.8 cm³/mol. The van der Waals surface area contributed by atoms with E-state index < -0.39 is 0 Å². The van der Waals surface area contributed by atoms with Gasteiger partial charge in [-0.1, -0.05) is 13.8 Å². The molecule has 1 fully saturated rings. The van der Waals surface area contributed by atoms with E-state index >= 15 is 0 Å². The zero-order valence-electron chi connectivity index (χ0n) is 9.33. The van der Waals surface area contributed by atoms with Gasteiger partial charge in [0.2, 0.25) is 5.91 Å². The molecule has 0 spiro atoms. The summed E-state index contributed by atoms with van der Waals surface area (Å²) in [5.74, 6) is 1.47. The quantitative estimate of drug-likeness (QED) is 0.738. The smallest absolute Gasteiger partial charge is 0.222 e. The van der Waals surface area contributed by atoms with Crippen LogP contribution in [0.15, 0.2) is 0 Å². The third-order valence-electron chi connectivity index (χ3n) is 2.91. The summed E-state index contributed by atoms with van der Waals surface area (Å²) in [7, 11) is 0. The van der Waals surface area contributed by atoms with E-state index in [1.165, 1.54) is 0 Å². The van der Waals surface area contributed by atoms with Gasteiger partial charge >= 0.3 is 0 Å². The number of nitrogens with two attached hydrogens (primary N) is 1. The van der Waals surface area contributed by atoms with Gasteiger partial charge in [-0.05, 0) is 31.2 Å². The molecule has 1 rings (SSSR count). The van der Waals surface area contributed by atoms with E-state index in [0.717, 1.165) is 25.9 Å². The van der Waals surface area contributed by atoms with Crippen LogP contribution in [0.2, 0.25) is 0 Å². The van der Waals surface area contributed by atoms with Crippen LogP contribution in [0.1, 0.15) is 33.1 Å². The van der Waals surface area contributed by atoms with Crippen LogP contribution in [0.3, 0.4) is 0 Å². The van der Waals surface area contributed by atoms with E-state index in [-0.39, 0.29) is 0 Å². The second-order valence-electron chi connectivity index (χ2n) is 4.66. The lowest BCUT2D eigenvalue weighted by Crippen LogP contribution is -2.29. The Hall–Kier alpha value is -0.570. The lowest BCUT2D eigenvalue weighted by atomic mass is 10.1. The summed E-state index contributed by atoms with van der Waals surface area (Å²) in [6, 6.07) is 0. The standard InChI is InChI=1S/C11H22N2O/c1-9(2)3-4-11(14)13-6-5-10(7-12)8-13/h9-10H,3-8,12H2,1-2H3. The molecule has 1 unspecified atom stereocenters. The maximum absolute atomic E-state index is 11.7. The van der Waals surface area contributed by atoms with Crippen LogP contribution in [0, 0.1) is 11.8 Å². The van der Waals surface area contributed by atoms with Crippen LogP contribution in [-0.4, -0.2) is 30.4 Å². The number of nitrogens with zero attached hydrogens (tertiary/aromatic N) is 1. The molecule has 0 aliphatic carbocycles. The summed E-state index contributed by atoms with van der Waals surface area (Å²) in [4.78, 5) is 13.7. The van der Waals surface area contributed by atoms with E-state index in [0.29, 0.717) is 30.7 Å². The summed E-state index contributed by atoms with van der Waals surface area (Å²) in [5.41, 5.74) is 5.58. The fourth-order valence-electron chi connectivity index (χ4n) is 1.82. The van der Waals surface area contributed by atoms with Gasteiger partial charge in [0.25, 0.3) is 0 Å². The highest BCUT2D eigenvalue weighted by atomic mass is 16.2. The van der Waals surface area contributed by atoms with Crippen molar-refractivity contribution in [2.45, 2.75) is 33.1 Å². The van der Waals surface area contributed by atoms with Crippen molar-refractivity contribution in [1.29, 1.82) is 0 Å². The maximum Gasteiger partial charge on any atom is 0.222 e. The molecule has 2 N–H and O–H groups in total. The first-order valence-corrected chi connectivity index (χ1v) is 5.61. The topological polar surface area (TPSA) is 46.3 Å². The molecule has 0 saturated carbocycles. The number of carbonyl (C=O) groups excluding carboxylic acids is 1. The molecule has 1 aliphatic heterocycles. The van der Waals surface area contributed by atoms with Crippen LogP contribution < -0.4 is 5.73 Å². The largest absolute Gasteiger partial charge is 0.342 e. The first-order valence-electron chi connectivity index (χ1n) is 5.61. The third kappa shape index (κ3) is 3.29. The van der Waals surface area contributed by atoms with Gasteiger partial charge in [0, 0.05) is 19.5 Å². The molecule has 0 aromatic carbocycles. The minimum Gasteiger partial charge on any atom is -0.342 e. The number of carbonyl (C=O) groups is 1. The minimum absolute atomic E-state index is 0.314. The number of likely N-dealkylation sites (tertiary alicyclic amines) is 1. The monoisotopic (exact) mass is 198 g/mol. The summed E-state index contributed by atoms with van der Waals surface area (Å²) in [6.45, 7) is 6.82. The van der Waals surface area contributed by atoms with Gasteiger partial charge in [-0.15, -0.1) is 0 Å². The SMILES string of the molecule is CC(C)CCC(=O)N1CCC(CN)C1. The zero-order chi connectivity index (χ0) is 10.6. The Morgan fingerprint density at radius 2 is 2.29 bits per heavy atom. The van der Waals surface area contributed by atoms with Crippen molar-refractivity contribution in [3.63, 3.8) is 0 Å². The fourth-order valence-corrected chi connectivity index (χ4v) is 1.82. The average molecular weight is 198 g/mol. The van der Waals surface area contributed by atoms with Gasteiger partial charge in [0.05, 0.1) is 0 Å². The van der Waals surface area contributed by atoms with Crippen molar-refractivity contribution in [3.05, 3.63) is 0 Å². The van der Waals surface area contributed by atoms with Crippen molar-refractivity contribution < 1.29 is 4.79 Å². The Balaban J connectivity index is 2.25. The molecule has 3 heteroatoms. The minimum atomic E-state index is 0.314. The highest BCUT2D eigenvalue weighted by Crippen LogP contribution is 2.17. The van der Waals surface area contributed by atoms with Crippen LogP contribution in [0.4, 0.5) is 0 Å². The number of amides is 1. The number of hydrogen-bond donors (Lipinski definition) is 1. The molecule has 0 aromatic rings. The Bertz CT molecular complexity index is 192. The summed E-state index contributed by atoms with van der Waals surface area (Å²) in [6.07, 6.45) is 2.79. The highest BCUT2D eigenvalue weighted by Gasteiger charge is 2.24. The lowest BCUT2D eigenvalue weighted by molar-refractivity contribution is -0.130. The molecule has 1 amide bonds. The molecule has 1 heterocycles. The lowest BCUT2D eigenvalue weighted by Gasteiger charge is -2.16. The van der Waals surface area contributed by atoms with Crippen LogP contribution in [0.25, 0.3) is 0 Å². The molecule has 0 bridgehead atoms. The van der Waals surface area contributed by atoms with Crippen molar-refractivity contribution in [2.24, 2.45) is 17.6 Å².